The van der Waals surface area contributed by atoms with Gasteiger partial charge < -0.3 is 0 Å². The maximum atomic E-state index is 13.2. The molecule has 0 radical (unpaired) electrons. The summed E-state index contributed by atoms with van der Waals surface area (Å²) >= 11 is 32.1. The van der Waals surface area contributed by atoms with Crippen molar-refractivity contribution in [1.82, 2.24) is 0 Å². The highest BCUT2D eigenvalue weighted by Gasteiger charge is 2.34. The maximum Gasteiger partial charge on any atom is 0.284 e. The van der Waals surface area contributed by atoms with Gasteiger partial charge in [0.15, 0.2) is 0 Å². The van der Waals surface area contributed by atoms with Gasteiger partial charge in [-0.15, -0.1) is 0 Å². The van der Waals surface area contributed by atoms with Crippen molar-refractivity contribution in [1.29, 1.82) is 0 Å². The molecule has 90 valence electrons. The maximum absolute atomic E-state index is 13.2. The Morgan fingerprint density at radius 2 is 1.00 bits per heavy atom. The summed E-state index contributed by atoms with van der Waals surface area (Å²) < 4.78 is 21.0. The summed E-state index contributed by atoms with van der Waals surface area (Å²) in [5.41, 5.74) is -0.632. The fraction of sp³-hybridized carbons (Fsp3) is 0.250. The molecule has 1 aromatic rings. The van der Waals surface area contributed by atoms with Crippen molar-refractivity contribution < 1.29 is 8.78 Å². The van der Waals surface area contributed by atoms with Crippen molar-refractivity contribution in [2.75, 3.05) is 0 Å². The van der Waals surface area contributed by atoms with E-state index < -0.39 is 9.17 Å². The van der Waals surface area contributed by atoms with Gasteiger partial charge in [-0.1, -0.05) is 69.6 Å². The Labute approximate surface area is 120 Å². The number of alkyl halides is 6. The number of hydrogen-bond donors (Lipinski definition) is 0. The second-order valence-electron chi connectivity index (χ2n) is 2.81. The summed E-state index contributed by atoms with van der Waals surface area (Å²) in [6, 6.07) is 1.91. The minimum absolute atomic E-state index is 0.241. The molecule has 0 saturated carbocycles. The van der Waals surface area contributed by atoms with Crippen LogP contribution < -0.4 is 0 Å². The summed E-state index contributed by atoms with van der Waals surface area (Å²) in [6.07, 6.45) is 0. The summed E-state index contributed by atoms with van der Waals surface area (Å²) in [5.74, 6) is 0. The standard InChI is InChI=1S/C8H2Cl6F2/c9-5-1-3(7(11,12)15)6(10)2-4(5)8(13,14)16/h1-2H. The van der Waals surface area contributed by atoms with E-state index in [2.05, 4.69) is 0 Å². The van der Waals surface area contributed by atoms with Gasteiger partial charge in [0.25, 0.3) is 9.17 Å². The summed E-state index contributed by atoms with van der Waals surface area (Å²) in [4.78, 5) is 0. The molecule has 0 nitrogen and oxygen atoms in total. The summed E-state index contributed by atoms with van der Waals surface area (Å²) in [5, 5.41) is -0.481. The lowest BCUT2D eigenvalue weighted by atomic mass is 10.1. The predicted octanol–water partition coefficient (Wildman–Crippen LogP) is 6.11. The first-order valence-corrected chi connectivity index (χ1v) is 5.93. The molecule has 0 aliphatic carbocycles. The second-order valence-corrected chi connectivity index (χ2v) is 6.09. The first kappa shape index (κ1) is 14.9. The van der Waals surface area contributed by atoms with Crippen LogP contribution in [0, 0.1) is 0 Å². The smallest absolute Gasteiger partial charge is 0.202 e. The third-order valence-electron chi connectivity index (χ3n) is 1.67. The highest BCUT2D eigenvalue weighted by Crippen LogP contribution is 2.46. The van der Waals surface area contributed by atoms with Crippen LogP contribution in [0.15, 0.2) is 12.1 Å². The fourth-order valence-corrected chi connectivity index (χ4v) is 2.39. The monoisotopic (exact) mass is 346 g/mol. The van der Waals surface area contributed by atoms with Crippen LogP contribution in [0.1, 0.15) is 11.1 Å². The second kappa shape index (κ2) is 4.83. The van der Waals surface area contributed by atoms with Crippen molar-refractivity contribution in [3.05, 3.63) is 33.3 Å². The average Bonchev–Trinajstić information content (AvgIpc) is 2.04. The van der Waals surface area contributed by atoms with Crippen molar-refractivity contribution in [3.8, 4) is 0 Å². The van der Waals surface area contributed by atoms with Crippen LogP contribution >= 0.6 is 69.6 Å². The topological polar surface area (TPSA) is 0 Å². The predicted molar refractivity (Wildman–Crippen MR) is 65.4 cm³/mol. The molecule has 1 rings (SSSR count). The van der Waals surface area contributed by atoms with Crippen LogP contribution in [-0.4, -0.2) is 0 Å². The molecule has 0 atom stereocenters. The normalized spacial score (nSPS) is 13.0. The Morgan fingerprint density at radius 3 is 1.19 bits per heavy atom. The Hall–Kier alpha value is 0.820. The van der Waals surface area contributed by atoms with Gasteiger partial charge in [0, 0.05) is 11.1 Å². The van der Waals surface area contributed by atoms with Crippen LogP contribution in [0.25, 0.3) is 0 Å². The molecule has 1 aromatic carbocycles. The molecule has 8 heteroatoms. The van der Waals surface area contributed by atoms with E-state index in [-0.39, 0.29) is 21.2 Å². The molecular formula is C8H2Cl6F2. The van der Waals surface area contributed by atoms with E-state index in [4.69, 9.17) is 69.6 Å². The largest absolute Gasteiger partial charge is 0.284 e. The highest BCUT2D eigenvalue weighted by atomic mass is 35.5. The van der Waals surface area contributed by atoms with Gasteiger partial charge in [-0.2, -0.15) is 0 Å². The molecule has 0 aliphatic rings. The van der Waals surface area contributed by atoms with E-state index in [1.165, 1.54) is 0 Å². The van der Waals surface area contributed by atoms with Crippen LogP contribution in [0.3, 0.4) is 0 Å². The average molecular weight is 349 g/mol. The molecule has 0 amide bonds. The van der Waals surface area contributed by atoms with E-state index in [1.807, 2.05) is 0 Å². The van der Waals surface area contributed by atoms with Crippen LogP contribution in [0.5, 0.6) is 0 Å². The number of halogens is 8. The van der Waals surface area contributed by atoms with Gasteiger partial charge >= 0.3 is 0 Å². The molecule has 0 N–H and O–H groups in total. The number of hydrogen-bond acceptors (Lipinski definition) is 0. The SMILES string of the molecule is FC(Cl)(Cl)c1cc(Cl)c(C(F)(Cl)Cl)cc1Cl. The molecule has 0 saturated heterocycles. The van der Waals surface area contributed by atoms with E-state index in [0.717, 1.165) is 12.1 Å². The third kappa shape index (κ3) is 3.41. The van der Waals surface area contributed by atoms with Crippen LogP contribution in [0.2, 0.25) is 10.0 Å². The van der Waals surface area contributed by atoms with Crippen molar-refractivity contribution in [3.63, 3.8) is 0 Å². The molecule has 0 bridgehead atoms. The Morgan fingerprint density at radius 1 is 0.750 bits per heavy atom. The zero-order valence-electron chi connectivity index (χ0n) is 7.18. The van der Waals surface area contributed by atoms with E-state index >= 15 is 0 Å². The molecular weight excluding hydrogens is 347 g/mol. The molecule has 0 unspecified atom stereocenters. The minimum Gasteiger partial charge on any atom is -0.202 e. The Kier molecular flexibility index (Phi) is 4.49. The van der Waals surface area contributed by atoms with E-state index in [9.17, 15) is 8.78 Å². The Bertz CT molecular complexity index is 366. The number of rotatable bonds is 2. The van der Waals surface area contributed by atoms with Gasteiger partial charge in [0.2, 0.25) is 0 Å². The van der Waals surface area contributed by atoms with Crippen LogP contribution in [0.4, 0.5) is 8.78 Å². The molecule has 0 fully saturated rings. The molecule has 0 aliphatic heterocycles. The first-order valence-electron chi connectivity index (χ1n) is 3.67. The molecule has 0 spiro atoms. The molecule has 0 heterocycles. The van der Waals surface area contributed by atoms with Gasteiger partial charge in [-0.3, -0.25) is 0 Å². The zero-order chi connectivity index (χ0) is 12.7. The summed E-state index contributed by atoms with van der Waals surface area (Å²) in [6.45, 7) is 0. The number of benzene rings is 1. The molecule has 16 heavy (non-hydrogen) atoms. The van der Waals surface area contributed by atoms with Crippen molar-refractivity contribution in [2.45, 2.75) is 9.17 Å². The Balaban J connectivity index is 3.40. The first-order chi connectivity index (χ1) is 7.03. The minimum atomic E-state index is -2.74. The van der Waals surface area contributed by atoms with E-state index in [1.54, 1.807) is 0 Å². The van der Waals surface area contributed by atoms with Crippen LogP contribution in [-0.2, 0) is 9.17 Å². The van der Waals surface area contributed by atoms with Gasteiger partial charge in [0.05, 0.1) is 10.0 Å². The zero-order valence-corrected chi connectivity index (χ0v) is 11.7. The lowest BCUT2D eigenvalue weighted by Gasteiger charge is -2.17. The third-order valence-corrected chi connectivity index (χ3v) is 3.11. The lowest BCUT2D eigenvalue weighted by molar-refractivity contribution is 0.399. The quantitative estimate of drug-likeness (QED) is 0.566. The van der Waals surface area contributed by atoms with Gasteiger partial charge in [-0.05, 0) is 12.1 Å². The molecule has 0 aromatic heterocycles. The highest BCUT2D eigenvalue weighted by molar-refractivity contribution is 6.49. The van der Waals surface area contributed by atoms with E-state index in [0.29, 0.717) is 0 Å². The van der Waals surface area contributed by atoms with Gasteiger partial charge in [0.1, 0.15) is 0 Å². The van der Waals surface area contributed by atoms with Crippen molar-refractivity contribution >= 4 is 69.6 Å². The lowest BCUT2D eigenvalue weighted by Crippen LogP contribution is -2.08. The van der Waals surface area contributed by atoms with Crippen molar-refractivity contribution in [2.24, 2.45) is 0 Å². The van der Waals surface area contributed by atoms with Gasteiger partial charge in [-0.25, -0.2) is 8.78 Å². The fourth-order valence-electron chi connectivity index (χ4n) is 0.981. The summed E-state index contributed by atoms with van der Waals surface area (Å²) in [7, 11) is 0.